The molecule has 0 aliphatic carbocycles. The Morgan fingerprint density at radius 3 is 2.93 bits per heavy atom. The Balaban J connectivity index is 2.30. The van der Waals surface area contributed by atoms with Crippen LogP contribution in [0.1, 0.15) is 25.2 Å². The summed E-state index contributed by atoms with van der Waals surface area (Å²) in [4.78, 5) is 11.1. The van der Waals surface area contributed by atoms with E-state index in [-0.39, 0.29) is 12.6 Å². The van der Waals surface area contributed by atoms with Crippen molar-refractivity contribution in [3.8, 4) is 0 Å². The second-order valence-electron chi connectivity index (χ2n) is 3.42. The summed E-state index contributed by atoms with van der Waals surface area (Å²) in [6.45, 7) is 5.84. The zero-order valence-corrected chi connectivity index (χ0v) is 8.63. The minimum absolute atomic E-state index is 0.0865. The lowest BCUT2D eigenvalue weighted by Gasteiger charge is -2.07. The molecule has 0 saturated carbocycles. The predicted octanol–water partition coefficient (Wildman–Crippen LogP) is 1.35. The number of aromatic nitrogens is 2. The Hall–Kier alpha value is -1.52. The first kappa shape index (κ1) is 10.6. The molecular formula is C9H15N3O2. The molecular weight excluding hydrogens is 182 g/mol. The number of nitrogens with zero attached hydrogens (tertiary/aromatic N) is 1. The van der Waals surface area contributed by atoms with Crippen LogP contribution in [0.2, 0.25) is 0 Å². The molecule has 1 amide bonds. The van der Waals surface area contributed by atoms with Crippen molar-refractivity contribution in [3.05, 3.63) is 17.5 Å². The molecule has 5 nitrogen and oxygen atoms in total. The number of aryl methyl sites for hydroxylation is 1. The summed E-state index contributed by atoms with van der Waals surface area (Å²) in [7, 11) is 0. The van der Waals surface area contributed by atoms with Crippen LogP contribution >= 0.6 is 0 Å². The van der Waals surface area contributed by atoms with Gasteiger partial charge in [0.05, 0.1) is 0 Å². The molecule has 0 fully saturated rings. The van der Waals surface area contributed by atoms with E-state index in [4.69, 9.17) is 4.74 Å². The minimum Gasteiger partial charge on any atom is -0.443 e. The van der Waals surface area contributed by atoms with Gasteiger partial charge in [-0.25, -0.2) is 4.79 Å². The molecule has 0 saturated heterocycles. The van der Waals surface area contributed by atoms with Crippen LogP contribution in [-0.2, 0) is 11.3 Å². The maximum absolute atomic E-state index is 11.1. The first-order valence-electron chi connectivity index (χ1n) is 4.52. The van der Waals surface area contributed by atoms with Crippen LogP contribution in [0.3, 0.4) is 0 Å². The van der Waals surface area contributed by atoms with Crippen molar-refractivity contribution in [3.63, 3.8) is 0 Å². The van der Waals surface area contributed by atoms with Crippen LogP contribution < -0.4 is 5.32 Å². The third-order valence-electron chi connectivity index (χ3n) is 1.52. The number of ether oxygens (including phenoxy) is 1. The van der Waals surface area contributed by atoms with Gasteiger partial charge < -0.3 is 10.1 Å². The predicted molar refractivity (Wildman–Crippen MR) is 51.8 cm³/mol. The Morgan fingerprint density at radius 2 is 2.43 bits per heavy atom. The Morgan fingerprint density at radius 1 is 1.71 bits per heavy atom. The zero-order chi connectivity index (χ0) is 10.6. The number of rotatable bonds is 3. The van der Waals surface area contributed by atoms with Gasteiger partial charge in [-0.1, -0.05) is 0 Å². The molecule has 14 heavy (non-hydrogen) atoms. The average Bonchev–Trinajstić information content (AvgIpc) is 2.47. The molecule has 1 heterocycles. The SMILES string of the molecule is Cc1cc(COC(=O)NC(C)C)n[nH]1. The normalized spacial score (nSPS) is 10.3. The van der Waals surface area contributed by atoms with Crippen LogP contribution in [0.15, 0.2) is 6.07 Å². The van der Waals surface area contributed by atoms with Gasteiger partial charge in [0, 0.05) is 11.7 Å². The van der Waals surface area contributed by atoms with E-state index < -0.39 is 6.09 Å². The number of alkyl carbamates (subject to hydrolysis) is 1. The summed E-state index contributed by atoms with van der Waals surface area (Å²) in [5.41, 5.74) is 1.68. The van der Waals surface area contributed by atoms with Gasteiger partial charge in [0.15, 0.2) is 0 Å². The van der Waals surface area contributed by atoms with Gasteiger partial charge in [0.2, 0.25) is 0 Å². The molecule has 0 bridgehead atoms. The molecule has 1 rings (SSSR count). The molecule has 0 spiro atoms. The quantitative estimate of drug-likeness (QED) is 0.768. The summed E-state index contributed by atoms with van der Waals surface area (Å²) >= 11 is 0. The fraction of sp³-hybridized carbons (Fsp3) is 0.556. The van der Waals surface area contributed by atoms with E-state index in [0.717, 1.165) is 11.4 Å². The smallest absolute Gasteiger partial charge is 0.407 e. The summed E-state index contributed by atoms with van der Waals surface area (Å²) in [6.07, 6.45) is -0.416. The van der Waals surface area contributed by atoms with Crippen molar-refractivity contribution in [1.82, 2.24) is 15.5 Å². The van der Waals surface area contributed by atoms with Gasteiger partial charge in [-0.05, 0) is 26.8 Å². The van der Waals surface area contributed by atoms with Gasteiger partial charge in [0.1, 0.15) is 12.3 Å². The number of hydrogen-bond donors (Lipinski definition) is 2. The molecule has 0 aliphatic rings. The monoisotopic (exact) mass is 197 g/mol. The summed E-state index contributed by atoms with van der Waals surface area (Å²) in [5, 5.41) is 9.33. The fourth-order valence-electron chi connectivity index (χ4n) is 0.965. The topological polar surface area (TPSA) is 67.0 Å². The van der Waals surface area contributed by atoms with E-state index >= 15 is 0 Å². The van der Waals surface area contributed by atoms with Crippen LogP contribution in [0.5, 0.6) is 0 Å². The number of hydrogen-bond acceptors (Lipinski definition) is 3. The standard InChI is InChI=1S/C9H15N3O2/c1-6(2)10-9(13)14-5-8-4-7(3)11-12-8/h4,6H,5H2,1-3H3,(H,10,13)(H,11,12). The van der Waals surface area contributed by atoms with Crippen molar-refractivity contribution < 1.29 is 9.53 Å². The molecule has 1 aromatic heterocycles. The lowest BCUT2D eigenvalue weighted by molar-refractivity contribution is 0.135. The summed E-state index contributed by atoms with van der Waals surface area (Å²) < 4.78 is 4.92. The number of amides is 1. The van der Waals surface area contributed by atoms with E-state index in [1.165, 1.54) is 0 Å². The fourth-order valence-corrected chi connectivity index (χ4v) is 0.965. The van der Waals surface area contributed by atoms with E-state index in [0.29, 0.717) is 0 Å². The number of carbonyl (C=O) groups excluding carboxylic acids is 1. The maximum atomic E-state index is 11.1. The van der Waals surface area contributed by atoms with Gasteiger partial charge in [0.25, 0.3) is 0 Å². The molecule has 5 heteroatoms. The largest absolute Gasteiger partial charge is 0.443 e. The molecule has 0 aliphatic heterocycles. The van der Waals surface area contributed by atoms with Crippen LogP contribution in [-0.4, -0.2) is 22.3 Å². The number of aromatic amines is 1. The number of H-pyrrole nitrogens is 1. The van der Waals surface area contributed by atoms with E-state index in [1.54, 1.807) is 0 Å². The molecule has 78 valence electrons. The van der Waals surface area contributed by atoms with Crippen molar-refractivity contribution >= 4 is 6.09 Å². The second-order valence-corrected chi connectivity index (χ2v) is 3.42. The maximum Gasteiger partial charge on any atom is 0.407 e. The molecule has 0 unspecified atom stereocenters. The third-order valence-corrected chi connectivity index (χ3v) is 1.52. The first-order valence-corrected chi connectivity index (χ1v) is 4.52. The zero-order valence-electron chi connectivity index (χ0n) is 8.63. The Labute approximate surface area is 82.8 Å². The van der Waals surface area contributed by atoms with Crippen molar-refractivity contribution in [2.24, 2.45) is 0 Å². The highest BCUT2D eigenvalue weighted by atomic mass is 16.5. The summed E-state index contributed by atoms with van der Waals surface area (Å²) in [5.74, 6) is 0. The van der Waals surface area contributed by atoms with Crippen molar-refractivity contribution in [2.45, 2.75) is 33.4 Å². The van der Waals surface area contributed by atoms with Gasteiger partial charge in [-0.15, -0.1) is 0 Å². The van der Waals surface area contributed by atoms with E-state index in [2.05, 4.69) is 15.5 Å². The van der Waals surface area contributed by atoms with Crippen molar-refractivity contribution in [1.29, 1.82) is 0 Å². The van der Waals surface area contributed by atoms with E-state index in [9.17, 15) is 4.79 Å². The van der Waals surface area contributed by atoms with Gasteiger partial charge in [-0.2, -0.15) is 5.10 Å². The van der Waals surface area contributed by atoms with Gasteiger partial charge >= 0.3 is 6.09 Å². The minimum atomic E-state index is -0.416. The second kappa shape index (κ2) is 4.64. The Bertz CT molecular complexity index is 307. The summed E-state index contributed by atoms with van der Waals surface area (Å²) in [6, 6.07) is 1.92. The molecule has 0 aromatic carbocycles. The van der Waals surface area contributed by atoms with Crippen LogP contribution in [0.25, 0.3) is 0 Å². The van der Waals surface area contributed by atoms with Gasteiger partial charge in [-0.3, -0.25) is 5.10 Å². The highest BCUT2D eigenvalue weighted by molar-refractivity contribution is 5.67. The molecule has 0 atom stereocenters. The van der Waals surface area contributed by atoms with Crippen molar-refractivity contribution in [2.75, 3.05) is 0 Å². The Kier molecular flexibility index (Phi) is 3.50. The average molecular weight is 197 g/mol. The molecule has 1 aromatic rings. The lowest BCUT2D eigenvalue weighted by atomic mass is 10.4. The highest BCUT2D eigenvalue weighted by Gasteiger charge is 2.05. The first-order chi connectivity index (χ1) is 6.58. The molecule has 0 radical (unpaired) electrons. The van der Waals surface area contributed by atoms with E-state index in [1.807, 2.05) is 26.8 Å². The highest BCUT2D eigenvalue weighted by Crippen LogP contribution is 1.99. The number of carbonyl (C=O) groups is 1. The van der Waals surface area contributed by atoms with Crippen LogP contribution in [0, 0.1) is 6.92 Å². The third kappa shape index (κ3) is 3.47. The molecule has 2 N–H and O–H groups in total. The lowest BCUT2D eigenvalue weighted by Crippen LogP contribution is -2.30. The number of nitrogens with one attached hydrogen (secondary N) is 2. The van der Waals surface area contributed by atoms with Crippen LogP contribution in [0.4, 0.5) is 4.79 Å².